The van der Waals surface area contributed by atoms with Crippen LogP contribution in [0.3, 0.4) is 0 Å². The van der Waals surface area contributed by atoms with Gasteiger partial charge in [-0.15, -0.1) is 0 Å². The highest BCUT2D eigenvalue weighted by Gasteiger charge is 2.24. The highest BCUT2D eigenvalue weighted by atomic mass is 16.5. The van der Waals surface area contributed by atoms with Gasteiger partial charge in [-0.2, -0.15) is 0 Å². The van der Waals surface area contributed by atoms with E-state index in [0.29, 0.717) is 17.0 Å². The van der Waals surface area contributed by atoms with Gasteiger partial charge in [0, 0.05) is 6.20 Å². The second kappa shape index (κ2) is 5.62. The summed E-state index contributed by atoms with van der Waals surface area (Å²) in [6, 6.07) is 12.4. The number of pyridine rings is 1. The van der Waals surface area contributed by atoms with E-state index in [-0.39, 0.29) is 0 Å². The zero-order valence-corrected chi connectivity index (χ0v) is 10.0. The summed E-state index contributed by atoms with van der Waals surface area (Å²) in [6.07, 6.45) is -0.600. The molecule has 0 spiro atoms. The van der Waals surface area contributed by atoms with Crippen LogP contribution in [-0.4, -0.2) is 22.3 Å². The highest BCUT2D eigenvalue weighted by Crippen LogP contribution is 2.32. The molecule has 4 heteroatoms. The third-order valence-electron chi connectivity index (χ3n) is 2.74. The summed E-state index contributed by atoms with van der Waals surface area (Å²) in [5.41, 5.74) is 0.967. The van der Waals surface area contributed by atoms with E-state index in [1.807, 2.05) is 6.07 Å². The van der Waals surface area contributed by atoms with Crippen LogP contribution >= 0.6 is 0 Å². The smallest absolute Gasteiger partial charge is 0.143 e. The van der Waals surface area contributed by atoms with Crippen LogP contribution in [0.4, 0.5) is 0 Å². The molecule has 0 fully saturated rings. The third-order valence-corrected chi connectivity index (χ3v) is 2.74. The number of aromatic nitrogens is 1. The molecular formula is C14H15NO3. The van der Waals surface area contributed by atoms with Crippen LogP contribution < -0.4 is 4.74 Å². The molecule has 0 saturated carbocycles. The van der Waals surface area contributed by atoms with Crippen molar-refractivity contribution in [2.45, 2.75) is 12.2 Å². The fraction of sp³-hybridized carbons (Fsp3) is 0.214. The molecule has 0 aliphatic heterocycles. The number of hydrogen-bond donors (Lipinski definition) is 2. The van der Waals surface area contributed by atoms with Crippen LogP contribution in [0.1, 0.15) is 23.5 Å². The van der Waals surface area contributed by atoms with Gasteiger partial charge in [-0.3, -0.25) is 4.98 Å². The Balaban J connectivity index is 2.28. The van der Waals surface area contributed by atoms with Crippen molar-refractivity contribution in [2.24, 2.45) is 0 Å². The van der Waals surface area contributed by atoms with Crippen molar-refractivity contribution in [3.05, 3.63) is 59.9 Å². The molecule has 1 heterocycles. The number of ether oxygens (including phenoxy) is 1. The minimum atomic E-state index is -1.12. The Bertz CT molecular complexity index is 501. The summed E-state index contributed by atoms with van der Waals surface area (Å²) < 4.78 is 5.12. The summed E-state index contributed by atoms with van der Waals surface area (Å²) in [5.74, 6) is 0.458. The van der Waals surface area contributed by atoms with E-state index in [1.165, 1.54) is 7.11 Å². The number of methoxy groups -OCH3 is 1. The normalized spacial score (nSPS) is 13.9. The summed E-state index contributed by atoms with van der Waals surface area (Å²) in [6.45, 7) is 0. The minimum Gasteiger partial charge on any atom is -0.495 e. The zero-order valence-electron chi connectivity index (χ0n) is 10.0. The van der Waals surface area contributed by atoms with E-state index in [0.717, 1.165) is 0 Å². The van der Waals surface area contributed by atoms with Crippen LogP contribution in [-0.2, 0) is 0 Å². The maximum absolute atomic E-state index is 10.2. The fourth-order valence-corrected chi connectivity index (χ4v) is 1.78. The number of nitrogens with zero attached hydrogens (tertiary/aromatic N) is 1. The van der Waals surface area contributed by atoms with Crippen molar-refractivity contribution in [1.29, 1.82) is 0 Å². The van der Waals surface area contributed by atoms with Gasteiger partial charge >= 0.3 is 0 Å². The van der Waals surface area contributed by atoms with Crippen molar-refractivity contribution >= 4 is 0 Å². The predicted molar refractivity (Wildman–Crippen MR) is 67.2 cm³/mol. The average Bonchev–Trinajstić information content (AvgIpc) is 2.46. The molecule has 0 bridgehead atoms. The van der Waals surface area contributed by atoms with Crippen LogP contribution in [0, 0.1) is 0 Å². The maximum Gasteiger partial charge on any atom is 0.143 e. The predicted octanol–water partition coefficient (Wildman–Crippen LogP) is 1.86. The van der Waals surface area contributed by atoms with Gasteiger partial charge < -0.3 is 14.9 Å². The Morgan fingerprint density at radius 1 is 1.00 bits per heavy atom. The topological polar surface area (TPSA) is 62.6 Å². The van der Waals surface area contributed by atoms with Crippen LogP contribution in [0.25, 0.3) is 0 Å². The van der Waals surface area contributed by atoms with E-state index < -0.39 is 12.2 Å². The standard InChI is InChI=1S/C14H15NO3/c1-18-11-8-5-9-15-12(11)14(17)13(16)10-6-3-2-4-7-10/h2-9,13-14,16-17H,1H3. The summed E-state index contributed by atoms with van der Waals surface area (Å²) in [5, 5.41) is 20.3. The number of rotatable bonds is 4. The van der Waals surface area contributed by atoms with Gasteiger partial charge in [-0.1, -0.05) is 30.3 Å². The molecule has 1 aromatic carbocycles. The van der Waals surface area contributed by atoms with Gasteiger partial charge in [0.05, 0.1) is 7.11 Å². The molecule has 94 valence electrons. The molecule has 2 aromatic rings. The van der Waals surface area contributed by atoms with E-state index in [2.05, 4.69) is 4.98 Å². The summed E-state index contributed by atoms with van der Waals surface area (Å²) in [7, 11) is 1.50. The van der Waals surface area contributed by atoms with Gasteiger partial charge in [0.15, 0.2) is 0 Å². The van der Waals surface area contributed by atoms with E-state index in [1.54, 1.807) is 42.6 Å². The molecule has 0 amide bonds. The lowest BCUT2D eigenvalue weighted by atomic mass is 10.0. The third kappa shape index (κ3) is 2.50. The number of hydrogen-bond acceptors (Lipinski definition) is 4. The highest BCUT2D eigenvalue weighted by molar-refractivity contribution is 5.31. The molecule has 2 N–H and O–H groups in total. The second-order valence-electron chi connectivity index (χ2n) is 3.89. The Kier molecular flexibility index (Phi) is 3.92. The molecule has 2 atom stereocenters. The molecular weight excluding hydrogens is 230 g/mol. The molecule has 2 rings (SSSR count). The fourth-order valence-electron chi connectivity index (χ4n) is 1.78. The molecule has 2 unspecified atom stereocenters. The largest absolute Gasteiger partial charge is 0.495 e. The minimum absolute atomic E-state index is 0.330. The van der Waals surface area contributed by atoms with E-state index >= 15 is 0 Å². The Morgan fingerprint density at radius 3 is 2.39 bits per heavy atom. The lowest BCUT2D eigenvalue weighted by Gasteiger charge is -2.19. The van der Waals surface area contributed by atoms with Gasteiger partial charge in [0.1, 0.15) is 23.7 Å². The monoisotopic (exact) mass is 245 g/mol. The lowest BCUT2D eigenvalue weighted by molar-refractivity contribution is 0.0131. The van der Waals surface area contributed by atoms with Crippen molar-refractivity contribution in [2.75, 3.05) is 7.11 Å². The lowest BCUT2D eigenvalue weighted by Crippen LogP contribution is -2.12. The van der Waals surface area contributed by atoms with Crippen molar-refractivity contribution < 1.29 is 14.9 Å². The first-order valence-corrected chi connectivity index (χ1v) is 5.64. The van der Waals surface area contributed by atoms with Gasteiger partial charge in [-0.25, -0.2) is 0 Å². The molecule has 0 radical (unpaired) electrons. The van der Waals surface area contributed by atoms with Crippen LogP contribution in [0.15, 0.2) is 48.7 Å². The van der Waals surface area contributed by atoms with Crippen LogP contribution in [0.2, 0.25) is 0 Å². The summed E-state index contributed by atoms with van der Waals surface area (Å²) >= 11 is 0. The molecule has 4 nitrogen and oxygen atoms in total. The van der Waals surface area contributed by atoms with E-state index in [4.69, 9.17) is 4.74 Å². The molecule has 0 saturated heterocycles. The molecule has 0 aliphatic rings. The second-order valence-corrected chi connectivity index (χ2v) is 3.89. The Hall–Kier alpha value is -1.91. The number of benzene rings is 1. The first-order chi connectivity index (χ1) is 8.74. The van der Waals surface area contributed by atoms with Crippen molar-refractivity contribution in [3.8, 4) is 5.75 Å². The quantitative estimate of drug-likeness (QED) is 0.863. The van der Waals surface area contributed by atoms with Gasteiger partial charge in [0.2, 0.25) is 0 Å². The molecule has 0 aliphatic carbocycles. The SMILES string of the molecule is COc1cccnc1C(O)C(O)c1ccccc1. The van der Waals surface area contributed by atoms with Crippen molar-refractivity contribution in [1.82, 2.24) is 4.98 Å². The number of aliphatic hydroxyl groups is 2. The maximum atomic E-state index is 10.2. The Morgan fingerprint density at radius 2 is 1.72 bits per heavy atom. The first kappa shape index (κ1) is 12.5. The Labute approximate surface area is 106 Å². The summed E-state index contributed by atoms with van der Waals surface area (Å²) in [4.78, 5) is 4.06. The average molecular weight is 245 g/mol. The molecule has 1 aromatic heterocycles. The first-order valence-electron chi connectivity index (χ1n) is 5.64. The molecule has 18 heavy (non-hydrogen) atoms. The van der Waals surface area contributed by atoms with E-state index in [9.17, 15) is 10.2 Å². The van der Waals surface area contributed by atoms with Crippen LogP contribution in [0.5, 0.6) is 5.75 Å². The van der Waals surface area contributed by atoms with Gasteiger partial charge in [0.25, 0.3) is 0 Å². The van der Waals surface area contributed by atoms with Crippen molar-refractivity contribution in [3.63, 3.8) is 0 Å². The number of aliphatic hydroxyl groups excluding tert-OH is 2. The zero-order chi connectivity index (χ0) is 13.0. The van der Waals surface area contributed by atoms with Gasteiger partial charge in [-0.05, 0) is 17.7 Å².